The van der Waals surface area contributed by atoms with Crippen molar-refractivity contribution >= 4 is 50.1 Å². The van der Waals surface area contributed by atoms with Crippen LogP contribution in [-0.2, 0) is 50.1 Å². The number of hydrogen-bond acceptors (Lipinski definition) is 15. The van der Waals surface area contributed by atoms with Gasteiger partial charge in [-0.25, -0.2) is 0 Å². The number of rotatable bonds is 20. The smallest absolute Gasteiger partial charge is 0.141 e. The maximum Gasteiger partial charge on any atom is 0.141 e. The largest absolute Gasteiger partial charge is 0.508 e. The number of aromatic hydroxyl groups is 6. The van der Waals surface area contributed by atoms with E-state index in [0.717, 1.165) is 118 Å². The number of hydrogen-bond donors (Lipinski definition) is 12. The molecule has 586 valence electrons. The lowest BCUT2D eigenvalue weighted by atomic mass is 9.86. The predicted octanol–water partition coefficient (Wildman–Crippen LogP) is 23.1. The van der Waals surface area contributed by atoms with Gasteiger partial charge >= 0.3 is 0 Å². The van der Waals surface area contributed by atoms with E-state index in [-0.39, 0.29) is 22.3 Å². The van der Waals surface area contributed by atoms with E-state index in [2.05, 4.69) is 144 Å². The lowest BCUT2D eigenvalue weighted by Gasteiger charge is -2.23. The van der Waals surface area contributed by atoms with Crippen LogP contribution in [0.2, 0.25) is 0 Å². The van der Waals surface area contributed by atoms with Gasteiger partial charge in [0.05, 0.1) is 35.6 Å². The van der Waals surface area contributed by atoms with Crippen molar-refractivity contribution in [3.8, 4) is 64.4 Å². The first-order chi connectivity index (χ1) is 53.9. The molecule has 12 aromatic carbocycles. The Hall–Kier alpha value is -12.6. The minimum absolute atomic E-state index is 0.0955. The Balaban J connectivity index is 0.000000188. The summed E-state index contributed by atoms with van der Waals surface area (Å²) in [6.07, 6.45) is 5.37. The molecule has 0 bridgehead atoms. The highest BCUT2D eigenvalue weighted by Gasteiger charge is 2.18. The van der Waals surface area contributed by atoms with Crippen LogP contribution >= 0.6 is 15.9 Å². The summed E-state index contributed by atoms with van der Waals surface area (Å²) in [4.78, 5) is 0. The molecule has 0 aromatic heterocycles. The van der Waals surface area contributed by atoms with Gasteiger partial charge in [-0.3, -0.25) is 0 Å². The second-order valence-corrected chi connectivity index (χ2v) is 30.3. The van der Waals surface area contributed by atoms with Gasteiger partial charge in [0.1, 0.15) is 52.1 Å². The third-order valence-electron chi connectivity index (χ3n) is 18.1. The number of nitrogens with zero attached hydrogens (tertiary/aromatic N) is 1. The van der Waals surface area contributed by atoms with Crippen LogP contribution in [0.15, 0.2) is 253 Å². The van der Waals surface area contributed by atoms with Crippen LogP contribution in [0.5, 0.6) is 46.0 Å². The number of halogens is 1. The van der Waals surface area contributed by atoms with Crippen LogP contribution in [0, 0.1) is 65.2 Å². The van der Waals surface area contributed by atoms with E-state index in [1.165, 1.54) is 11.1 Å². The molecule has 16 heteroatoms. The number of methoxy groups -OCH3 is 2. The topological polar surface area (TPSA) is 236 Å². The quantitative estimate of drug-likeness (QED) is 0.0318. The standard InChI is InChI=1S/2C18H23NO.C16H14BrNO.C15H14N2O.2C15H17NO2/c1-13-5-10-17(20)14(11-13)12-19-16-8-6-15(7-9-16)18(2,3)4;1-13-9-10-17(20)14(11-13)12-19-16-8-6-5-7-15(16)18(2,3)4;1-3-12-5-4-6-14(9-12)18-10-13-7-11(2)8-15(17)16(13)19;1-11-6-7-15(18)13(8-11)10-17-14-5-3-2-4-12(14)9-16;1-11-3-8-15(17)12(9-11)10-16-13-4-6-14(18-2)7-5-13;1-11-7-8-14(17)12(9-11)10-16-13-5-3-4-6-15(13)18-2/h2*5-11,19-20H,12H2,1-4H3;1,4-9,18-19H,10H2,2H3;2-8,17-18H,10H2,1H3;2*3-9,16-17H,10H2,1-2H3. The number of phenolic OH excluding ortho intramolecular Hbond substituents is 6. The average molecular weight is 1580 g/mol. The van der Waals surface area contributed by atoms with Crippen LogP contribution < -0.4 is 41.4 Å². The molecule has 113 heavy (non-hydrogen) atoms. The van der Waals surface area contributed by atoms with Crippen molar-refractivity contribution in [1.29, 1.82) is 5.26 Å². The van der Waals surface area contributed by atoms with Gasteiger partial charge in [-0.2, -0.15) is 5.26 Å². The normalized spacial score (nSPS) is 10.5. The van der Waals surface area contributed by atoms with Crippen LogP contribution in [0.4, 0.5) is 34.1 Å². The molecule has 0 atom stereocenters. The molecule has 0 spiro atoms. The van der Waals surface area contributed by atoms with Gasteiger partial charge in [0.25, 0.3) is 0 Å². The fourth-order valence-corrected chi connectivity index (χ4v) is 12.3. The third kappa shape index (κ3) is 28.6. The molecule has 15 nitrogen and oxygen atoms in total. The predicted molar refractivity (Wildman–Crippen MR) is 471 cm³/mol. The van der Waals surface area contributed by atoms with Crippen molar-refractivity contribution in [1.82, 2.24) is 0 Å². The second-order valence-electron chi connectivity index (χ2n) is 29.5. The molecular formula is C97H108BrN7O8. The van der Waals surface area contributed by atoms with Crippen molar-refractivity contribution in [2.75, 3.05) is 46.1 Å². The molecule has 0 unspecified atom stereocenters. The molecule has 0 saturated carbocycles. The summed E-state index contributed by atoms with van der Waals surface area (Å²) < 4.78 is 11.1. The Kier molecular flexibility index (Phi) is 33.4. The number of nitriles is 1. The van der Waals surface area contributed by atoms with E-state index in [1.54, 1.807) is 50.6 Å². The summed E-state index contributed by atoms with van der Waals surface area (Å²) in [6.45, 7) is 28.7. The molecule has 0 fully saturated rings. The summed E-state index contributed by atoms with van der Waals surface area (Å²) in [6, 6.07) is 81.2. The lowest BCUT2D eigenvalue weighted by molar-refractivity contribution is 0.415. The molecule has 12 N–H and O–H groups in total. The highest BCUT2D eigenvalue weighted by molar-refractivity contribution is 9.10. The molecule has 12 aromatic rings. The Morgan fingerprint density at radius 2 is 0.743 bits per heavy atom. The van der Waals surface area contributed by atoms with E-state index in [9.17, 15) is 30.6 Å². The summed E-state index contributed by atoms with van der Waals surface area (Å²) in [5.41, 5.74) is 22.2. The fraction of sp³-hybridized carbons (Fsp3) is 0.227. The summed E-state index contributed by atoms with van der Waals surface area (Å²) >= 11 is 3.34. The molecule has 0 aliphatic rings. The molecule has 12 rings (SSSR count). The Bertz CT molecular complexity index is 5130. The van der Waals surface area contributed by atoms with Gasteiger partial charge < -0.3 is 72.0 Å². The van der Waals surface area contributed by atoms with E-state index in [4.69, 9.17) is 21.2 Å². The molecular weight excluding hydrogens is 1470 g/mol. The van der Waals surface area contributed by atoms with Gasteiger partial charge in [0, 0.05) is 101 Å². The second kappa shape index (κ2) is 43.1. The first-order valence-electron chi connectivity index (χ1n) is 37.3. The number of ether oxygens (including phenoxy) is 2. The fourth-order valence-electron chi connectivity index (χ4n) is 11.7. The zero-order valence-corrected chi connectivity index (χ0v) is 68.9. The zero-order chi connectivity index (χ0) is 82.2. The monoisotopic (exact) mass is 1580 g/mol. The lowest BCUT2D eigenvalue weighted by Crippen LogP contribution is -2.14. The Morgan fingerprint density at radius 1 is 0.363 bits per heavy atom. The van der Waals surface area contributed by atoms with Crippen molar-refractivity contribution in [3.63, 3.8) is 0 Å². The minimum Gasteiger partial charge on any atom is -0.508 e. The van der Waals surface area contributed by atoms with E-state index in [0.29, 0.717) is 72.3 Å². The van der Waals surface area contributed by atoms with Crippen molar-refractivity contribution in [3.05, 3.63) is 342 Å². The summed E-state index contributed by atoms with van der Waals surface area (Å²) in [5.74, 6) is 6.08. The van der Waals surface area contributed by atoms with Gasteiger partial charge in [0.2, 0.25) is 0 Å². The van der Waals surface area contributed by atoms with Crippen LogP contribution in [0.3, 0.4) is 0 Å². The first kappa shape index (κ1) is 87.6. The molecule has 0 aliphatic carbocycles. The van der Waals surface area contributed by atoms with Gasteiger partial charge in [-0.1, -0.05) is 203 Å². The maximum absolute atomic E-state index is 9.98. The number of para-hydroxylation sites is 4. The van der Waals surface area contributed by atoms with Crippen molar-refractivity contribution < 1.29 is 40.1 Å². The van der Waals surface area contributed by atoms with E-state index >= 15 is 0 Å². The highest BCUT2D eigenvalue weighted by Crippen LogP contribution is 2.34. The van der Waals surface area contributed by atoms with Crippen LogP contribution in [-0.4, -0.2) is 44.9 Å². The number of terminal acetylenes is 1. The molecule has 0 radical (unpaired) electrons. The van der Waals surface area contributed by atoms with Crippen molar-refractivity contribution in [2.45, 2.75) is 133 Å². The Morgan fingerprint density at radius 3 is 1.18 bits per heavy atom. The number of anilines is 6. The number of benzene rings is 12. The SMILES string of the molecule is C#Cc1cccc(NCc2cc(C)cc(Br)c2O)c1.COc1ccc(NCc2cc(C)ccc2O)cc1.COc1ccccc1NCc1cc(C)ccc1O.Cc1ccc(O)c(CNc2ccc(C(C)(C)C)cc2)c1.Cc1ccc(O)c(CNc2ccccc2C#N)c1.Cc1ccc(O)c(CNc2ccccc2C(C)(C)C)c1. The zero-order valence-electron chi connectivity index (χ0n) is 67.3. The van der Waals surface area contributed by atoms with Gasteiger partial charge in [0.15, 0.2) is 0 Å². The van der Waals surface area contributed by atoms with E-state index in [1.807, 2.05) is 211 Å². The maximum atomic E-state index is 9.98. The van der Waals surface area contributed by atoms with Crippen LogP contribution in [0.1, 0.15) is 131 Å². The van der Waals surface area contributed by atoms with Gasteiger partial charge in [-0.15, -0.1) is 6.42 Å². The van der Waals surface area contributed by atoms with Crippen molar-refractivity contribution in [2.24, 2.45) is 0 Å². The molecule has 0 amide bonds. The van der Waals surface area contributed by atoms with E-state index < -0.39 is 0 Å². The van der Waals surface area contributed by atoms with Gasteiger partial charge in [-0.05, 0) is 206 Å². The first-order valence-corrected chi connectivity index (χ1v) is 38.1. The molecule has 0 heterocycles. The number of nitrogens with one attached hydrogen (secondary N) is 6. The summed E-state index contributed by atoms with van der Waals surface area (Å²) in [5, 5.41) is 87.7. The summed E-state index contributed by atoms with van der Waals surface area (Å²) in [7, 11) is 3.29. The molecule has 0 saturated heterocycles. The average Bonchev–Trinajstić information content (AvgIpc) is 0.823. The minimum atomic E-state index is 0.0955. The number of phenols is 6. The third-order valence-corrected chi connectivity index (χ3v) is 18.7. The number of aryl methyl sites for hydroxylation is 6. The Labute approximate surface area is 677 Å². The molecule has 0 aliphatic heterocycles. The van der Waals surface area contributed by atoms with Crippen LogP contribution in [0.25, 0.3) is 0 Å². The highest BCUT2D eigenvalue weighted by atomic mass is 79.9.